The van der Waals surface area contributed by atoms with Gasteiger partial charge in [0.25, 0.3) is 0 Å². The van der Waals surface area contributed by atoms with Gasteiger partial charge in [-0.2, -0.15) is 5.10 Å². The molecular formula is C12H15N3O. The SMILES string of the molecule is c1cc(OC2CCNCC2)c2[nH]ncc2c1. The number of nitrogens with zero attached hydrogens (tertiary/aromatic N) is 1. The number of H-pyrrole nitrogens is 1. The number of para-hydroxylation sites is 1. The van der Waals surface area contributed by atoms with E-state index in [1.807, 2.05) is 24.4 Å². The number of aromatic amines is 1. The van der Waals surface area contributed by atoms with Crippen molar-refractivity contribution < 1.29 is 4.74 Å². The van der Waals surface area contributed by atoms with Gasteiger partial charge in [0.1, 0.15) is 17.4 Å². The van der Waals surface area contributed by atoms with Crippen molar-refractivity contribution in [3.05, 3.63) is 24.4 Å². The molecule has 1 fully saturated rings. The third-order valence-corrected chi connectivity index (χ3v) is 3.02. The van der Waals surface area contributed by atoms with Crippen LogP contribution in [-0.2, 0) is 0 Å². The predicted molar refractivity (Wildman–Crippen MR) is 62.6 cm³/mol. The minimum absolute atomic E-state index is 0.329. The average molecular weight is 217 g/mol. The summed E-state index contributed by atoms with van der Waals surface area (Å²) in [6.07, 6.45) is 4.30. The lowest BCUT2D eigenvalue weighted by atomic mass is 10.1. The maximum absolute atomic E-state index is 6.02. The molecule has 4 nitrogen and oxygen atoms in total. The third kappa shape index (κ3) is 1.76. The molecule has 4 heteroatoms. The Hall–Kier alpha value is -1.55. The average Bonchev–Trinajstić information content (AvgIpc) is 2.80. The zero-order valence-electron chi connectivity index (χ0n) is 9.07. The van der Waals surface area contributed by atoms with Gasteiger partial charge in [0.15, 0.2) is 0 Å². The number of benzene rings is 1. The molecule has 0 unspecified atom stereocenters. The fourth-order valence-electron chi connectivity index (χ4n) is 2.13. The van der Waals surface area contributed by atoms with Crippen LogP contribution >= 0.6 is 0 Å². The summed E-state index contributed by atoms with van der Waals surface area (Å²) in [5, 5.41) is 11.5. The minimum atomic E-state index is 0.329. The van der Waals surface area contributed by atoms with Crippen molar-refractivity contribution in [1.29, 1.82) is 0 Å². The molecule has 0 aliphatic carbocycles. The fourth-order valence-corrected chi connectivity index (χ4v) is 2.13. The lowest BCUT2D eigenvalue weighted by Crippen LogP contribution is -2.34. The number of hydrogen-bond donors (Lipinski definition) is 2. The lowest BCUT2D eigenvalue weighted by Gasteiger charge is -2.23. The van der Waals surface area contributed by atoms with Gasteiger partial charge < -0.3 is 10.1 Å². The zero-order valence-corrected chi connectivity index (χ0v) is 9.07. The summed E-state index contributed by atoms with van der Waals surface area (Å²) >= 11 is 0. The Balaban J connectivity index is 1.85. The van der Waals surface area contributed by atoms with Crippen LogP contribution in [-0.4, -0.2) is 29.4 Å². The standard InChI is InChI=1S/C12H15N3O/c1-2-9-8-14-15-12(9)11(3-1)16-10-4-6-13-7-5-10/h1-3,8,10,13H,4-7H2,(H,14,15). The smallest absolute Gasteiger partial charge is 0.145 e. The van der Waals surface area contributed by atoms with Crippen LogP contribution in [0, 0.1) is 0 Å². The second-order valence-electron chi connectivity index (χ2n) is 4.16. The molecule has 0 saturated carbocycles. The number of rotatable bonds is 2. The van der Waals surface area contributed by atoms with Gasteiger partial charge in [0.2, 0.25) is 0 Å². The molecule has 1 aliphatic heterocycles. The van der Waals surface area contributed by atoms with Gasteiger partial charge in [-0.05, 0) is 32.0 Å². The van der Waals surface area contributed by atoms with E-state index in [2.05, 4.69) is 15.5 Å². The molecule has 0 amide bonds. The predicted octanol–water partition coefficient (Wildman–Crippen LogP) is 1.69. The first-order chi connectivity index (χ1) is 7.93. The molecule has 2 aromatic rings. The first-order valence-corrected chi connectivity index (χ1v) is 5.73. The van der Waals surface area contributed by atoms with E-state index in [0.29, 0.717) is 6.10 Å². The van der Waals surface area contributed by atoms with Crippen molar-refractivity contribution >= 4 is 10.9 Å². The first-order valence-electron chi connectivity index (χ1n) is 5.73. The van der Waals surface area contributed by atoms with Gasteiger partial charge in [-0.3, -0.25) is 5.10 Å². The molecule has 1 aromatic heterocycles. The number of fused-ring (bicyclic) bond motifs is 1. The summed E-state index contributed by atoms with van der Waals surface area (Å²) in [5.41, 5.74) is 1.00. The van der Waals surface area contributed by atoms with Crippen molar-refractivity contribution in [2.75, 3.05) is 13.1 Å². The number of ether oxygens (including phenoxy) is 1. The van der Waals surface area contributed by atoms with Gasteiger partial charge in [-0.1, -0.05) is 12.1 Å². The van der Waals surface area contributed by atoms with Crippen molar-refractivity contribution in [1.82, 2.24) is 15.5 Å². The summed E-state index contributed by atoms with van der Waals surface area (Å²) in [5.74, 6) is 0.918. The van der Waals surface area contributed by atoms with Crippen molar-refractivity contribution in [3.8, 4) is 5.75 Å². The summed E-state index contributed by atoms with van der Waals surface area (Å²) in [7, 11) is 0. The number of hydrogen-bond acceptors (Lipinski definition) is 3. The Labute approximate surface area is 94.0 Å². The van der Waals surface area contributed by atoms with E-state index in [4.69, 9.17) is 4.74 Å². The maximum Gasteiger partial charge on any atom is 0.145 e. The van der Waals surface area contributed by atoms with Crippen molar-refractivity contribution in [2.45, 2.75) is 18.9 Å². The van der Waals surface area contributed by atoms with E-state index in [0.717, 1.165) is 42.6 Å². The zero-order chi connectivity index (χ0) is 10.8. The molecular weight excluding hydrogens is 202 g/mol. The van der Waals surface area contributed by atoms with Crippen molar-refractivity contribution in [2.24, 2.45) is 0 Å². The number of piperidine rings is 1. The Kier molecular flexibility index (Phi) is 2.50. The van der Waals surface area contributed by atoms with E-state index >= 15 is 0 Å². The molecule has 0 radical (unpaired) electrons. The molecule has 1 aliphatic rings. The quantitative estimate of drug-likeness (QED) is 0.805. The lowest BCUT2D eigenvalue weighted by molar-refractivity contribution is 0.164. The van der Waals surface area contributed by atoms with Crippen LogP contribution in [0.3, 0.4) is 0 Å². The molecule has 1 saturated heterocycles. The second-order valence-corrected chi connectivity index (χ2v) is 4.16. The Bertz CT molecular complexity index is 474. The van der Waals surface area contributed by atoms with Crippen LogP contribution in [0.25, 0.3) is 10.9 Å². The van der Waals surface area contributed by atoms with E-state index < -0.39 is 0 Å². The van der Waals surface area contributed by atoms with Gasteiger partial charge in [-0.15, -0.1) is 0 Å². The third-order valence-electron chi connectivity index (χ3n) is 3.02. The van der Waals surface area contributed by atoms with E-state index in [1.165, 1.54) is 0 Å². The normalized spacial score (nSPS) is 17.8. The Morgan fingerprint density at radius 1 is 1.25 bits per heavy atom. The molecule has 0 atom stereocenters. The van der Waals surface area contributed by atoms with Crippen LogP contribution < -0.4 is 10.1 Å². The Morgan fingerprint density at radius 2 is 2.12 bits per heavy atom. The molecule has 3 rings (SSSR count). The van der Waals surface area contributed by atoms with Crippen LogP contribution in [0.5, 0.6) is 5.75 Å². The molecule has 2 N–H and O–H groups in total. The van der Waals surface area contributed by atoms with E-state index in [-0.39, 0.29) is 0 Å². The summed E-state index contributed by atoms with van der Waals surface area (Å²) in [4.78, 5) is 0. The molecule has 0 bridgehead atoms. The van der Waals surface area contributed by atoms with Gasteiger partial charge in [0.05, 0.1) is 6.20 Å². The monoisotopic (exact) mass is 217 g/mol. The summed E-state index contributed by atoms with van der Waals surface area (Å²) in [6.45, 7) is 2.09. The topological polar surface area (TPSA) is 49.9 Å². The van der Waals surface area contributed by atoms with Crippen molar-refractivity contribution in [3.63, 3.8) is 0 Å². The maximum atomic E-state index is 6.02. The summed E-state index contributed by atoms with van der Waals surface area (Å²) in [6, 6.07) is 6.05. The number of nitrogens with one attached hydrogen (secondary N) is 2. The second kappa shape index (κ2) is 4.14. The molecule has 2 heterocycles. The first kappa shape index (κ1) is 9.66. The molecule has 1 aromatic carbocycles. The number of aromatic nitrogens is 2. The van der Waals surface area contributed by atoms with Gasteiger partial charge in [0, 0.05) is 5.39 Å². The molecule has 84 valence electrons. The minimum Gasteiger partial charge on any atom is -0.488 e. The highest BCUT2D eigenvalue weighted by Crippen LogP contribution is 2.25. The van der Waals surface area contributed by atoms with Gasteiger partial charge >= 0.3 is 0 Å². The largest absolute Gasteiger partial charge is 0.488 e. The molecule has 16 heavy (non-hydrogen) atoms. The highest BCUT2D eigenvalue weighted by Gasteiger charge is 2.15. The highest BCUT2D eigenvalue weighted by atomic mass is 16.5. The van der Waals surface area contributed by atoms with Crippen LogP contribution in [0.15, 0.2) is 24.4 Å². The summed E-state index contributed by atoms with van der Waals surface area (Å²) < 4.78 is 6.02. The van der Waals surface area contributed by atoms with E-state index in [1.54, 1.807) is 0 Å². The van der Waals surface area contributed by atoms with Crippen LogP contribution in [0.4, 0.5) is 0 Å². The Morgan fingerprint density at radius 3 is 3.00 bits per heavy atom. The fraction of sp³-hybridized carbons (Fsp3) is 0.417. The van der Waals surface area contributed by atoms with Gasteiger partial charge in [-0.25, -0.2) is 0 Å². The molecule has 0 spiro atoms. The van der Waals surface area contributed by atoms with Crippen LogP contribution in [0.2, 0.25) is 0 Å². The highest BCUT2D eigenvalue weighted by molar-refractivity contribution is 5.83. The van der Waals surface area contributed by atoms with E-state index in [9.17, 15) is 0 Å². The van der Waals surface area contributed by atoms with Crippen LogP contribution in [0.1, 0.15) is 12.8 Å².